The van der Waals surface area contributed by atoms with Gasteiger partial charge in [0.05, 0.1) is 0 Å². The molecule has 0 spiro atoms. The number of phenols is 2. The lowest BCUT2D eigenvalue weighted by Gasteiger charge is -2.03. The van der Waals surface area contributed by atoms with E-state index < -0.39 is 0 Å². The molecule has 1 saturated heterocycles. The number of nitrogens with one attached hydrogen (secondary N) is 1. The lowest BCUT2D eigenvalue weighted by atomic mass is 10.2. The van der Waals surface area contributed by atoms with E-state index in [1.165, 1.54) is 12.1 Å². The van der Waals surface area contributed by atoms with E-state index >= 15 is 0 Å². The van der Waals surface area contributed by atoms with Crippen molar-refractivity contribution in [2.24, 2.45) is 0 Å². The molecule has 6 heteroatoms. The Kier molecular flexibility index (Phi) is 3.02. The highest BCUT2D eigenvalue weighted by atomic mass is 32.2. The fourth-order valence-corrected chi connectivity index (χ4v) is 2.47. The van der Waals surface area contributed by atoms with Gasteiger partial charge in [0.2, 0.25) is 0 Å². The number of carbonyl (C=O) groups excluding carboxylic acids is 1. The Balaban J connectivity index is 2.29. The molecule has 1 aliphatic heterocycles. The molecule has 1 fully saturated rings. The first-order valence-corrected chi connectivity index (χ1v) is 5.79. The Bertz CT molecular complexity index is 473. The molecule has 1 unspecified atom stereocenters. The normalized spacial score (nSPS) is 22.4. The van der Waals surface area contributed by atoms with Gasteiger partial charge in [0.15, 0.2) is 11.5 Å². The lowest BCUT2D eigenvalue weighted by Crippen LogP contribution is -2.18. The highest BCUT2D eigenvalue weighted by Crippen LogP contribution is 2.33. The Morgan fingerprint density at radius 1 is 1.38 bits per heavy atom. The number of phenolic OH excluding ortho intramolecular Hbond substituents is 2. The van der Waals surface area contributed by atoms with Gasteiger partial charge in [-0.1, -0.05) is 6.07 Å². The standard InChI is InChI=1S/C10H9NO3S2/c12-6-2-1-5(3-7(6)13)4-8-9(15)11-10(14)16-8/h1-4,9,12-13,15H,(H,11,14). The summed E-state index contributed by atoms with van der Waals surface area (Å²) in [6.45, 7) is 0. The Morgan fingerprint density at radius 2 is 2.12 bits per heavy atom. The molecule has 1 amide bonds. The second kappa shape index (κ2) is 4.31. The van der Waals surface area contributed by atoms with Crippen molar-refractivity contribution in [3.05, 3.63) is 28.7 Å². The van der Waals surface area contributed by atoms with Crippen molar-refractivity contribution >= 4 is 35.7 Å². The van der Waals surface area contributed by atoms with Crippen LogP contribution in [0.4, 0.5) is 4.79 Å². The van der Waals surface area contributed by atoms with E-state index in [0.29, 0.717) is 5.56 Å². The largest absolute Gasteiger partial charge is 0.504 e. The SMILES string of the molecule is O=C1NC(S)C(=Cc2ccc(O)c(O)c2)S1. The molecule has 16 heavy (non-hydrogen) atoms. The number of thioether (sulfide) groups is 1. The summed E-state index contributed by atoms with van der Waals surface area (Å²) in [6.07, 6.45) is 1.74. The van der Waals surface area contributed by atoms with Crippen LogP contribution < -0.4 is 5.32 Å². The highest BCUT2D eigenvalue weighted by molar-refractivity contribution is 8.18. The molecular formula is C10H9NO3S2. The van der Waals surface area contributed by atoms with Crippen LogP contribution in [0.15, 0.2) is 23.1 Å². The molecule has 84 valence electrons. The summed E-state index contributed by atoms with van der Waals surface area (Å²) in [5.41, 5.74) is 0.702. The molecule has 1 aromatic rings. The third-order valence-electron chi connectivity index (χ3n) is 2.04. The second-order valence-electron chi connectivity index (χ2n) is 3.23. The molecule has 2 rings (SSSR count). The minimum absolute atomic E-state index is 0.144. The first-order chi connectivity index (χ1) is 7.56. The average molecular weight is 255 g/mol. The average Bonchev–Trinajstić information content (AvgIpc) is 2.51. The molecule has 4 nitrogen and oxygen atoms in total. The maximum absolute atomic E-state index is 11.0. The van der Waals surface area contributed by atoms with Crippen LogP contribution in [-0.2, 0) is 0 Å². The van der Waals surface area contributed by atoms with Gasteiger partial charge in [-0.15, -0.1) is 12.6 Å². The number of amides is 1. The molecule has 0 bridgehead atoms. The zero-order valence-electron chi connectivity index (χ0n) is 8.04. The number of hydrogen-bond acceptors (Lipinski definition) is 5. The van der Waals surface area contributed by atoms with E-state index in [-0.39, 0.29) is 22.1 Å². The molecule has 0 aromatic heterocycles. The summed E-state index contributed by atoms with van der Waals surface area (Å²) in [4.78, 5) is 11.8. The summed E-state index contributed by atoms with van der Waals surface area (Å²) in [5, 5.41) is 20.6. The van der Waals surface area contributed by atoms with Crippen molar-refractivity contribution in [3.8, 4) is 11.5 Å². The van der Waals surface area contributed by atoms with Crippen molar-refractivity contribution in [2.75, 3.05) is 0 Å². The van der Waals surface area contributed by atoms with Crippen molar-refractivity contribution in [2.45, 2.75) is 5.37 Å². The molecule has 1 aromatic carbocycles. The van der Waals surface area contributed by atoms with E-state index in [2.05, 4.69) is 17.9 Å². The third-order valence-corrected chi connectivity index (χ3v) is 3.52. The van der Waals surface area contributed by atoms with Gasteiger partial charge in [-0.3, -0.25) is 4.79 Å². The van der Waals surface area contributed by atoms with Crippen LogP contribution in [0.1, 0.15) is 5.56 Å². The van der Waals surface area contributed by atoms with Gasteiger partial charge in [-0.05, 0) is 35.5 Å². The number of aromatic hydroxyl groups is 2. The van der Waals surface area contributed by atoms with Crippen LogP contribution in [0.25, 0.3) is 6.08 Å². The summed E-state index contributed by atoms with van der Waals surface area (Å²) in [7, 11) is 0. The summed E-state index contributed by atoms with van der Waals surface area (Å²) in [6, 6.07) is 4.46. The van der Waals surface area contributed by atoms with Crippen LogP contribution in [0.2, 0.25) is 0 Å². The molecule has 0 radical (unpaired) electrons. The van der Waals surface area contributed by atoms with Crippen molar-refractivity contribution in [3.63, 3.8) is 0 Å². The smallest absolute Gasteiger partial charge is 0.284 e. The quantitative estimate of drug-likeness (QED) is 0.458. The van der Waals surface area contributed by atoms with Crippen LogP contribution in [0.5, 0.6) is 11.5 Å². The minimum atomic E-state index is -0.312. The van der Waals surface area contributed by atoms with E-state index in [1.54, 1.807) is 12.1 Å². The second-order valence-corrected chi connectivity index (χ2v) is 4.79. The Morgan fingerprint density at radius 3 is 2.69 bits per heavy atom. The van der Waals surface area contributed by atoms with Crippen molar-refractivity contribution in [1.29, 1.82) is 0 Å². The number of carbonyl (C=O) groups is 1. The van der Waals surface area contributed by atoms with E-state index in [4.69, 9.17) is 5.11 Å². The van der Waals surface area contributed by atoms with E-state index in [1.807, 2.05) is 0 Å². The third kappa shape index (κ3) is 2.28. The van der Waals surface area contributed by atoms with Crippen LogP contribution in [0.3, 0.4) is 0 Å². The van der Waals surface area contributed by atoms with E-state index in [0.717, 1.165) is 16.7 Å². The Labute approximate surface area is 102 Å². The van der Waals surface area contributed by atoms with Crippen molar-refractivity contribution < 1.29 is 15.0 Å². The summed E-state index contributed by atoms with van der Waals surface area (Å²) < 4.78 is 0. The first kappa shape index (κ1) is 11.2. The Hall–Kier alpha value is -1.27. The van der Waals surface area contributed by atoms with Gasteiger partial charge in [-0.25, -0.2) is 0 Å². The summed E-state index contributed by atoms with van der Waals surface area (Å²) >= 11 is 5.26. The fraction of sp³-hybridized carbons (Fsp3) is 0.100. The van der Waals surface area contributed by atoms with Crippen molar-refractivity contribution in [1.82, 2.24) is 5.32 Å². The number of hydrogen-bond donors (Lipinski definition) is 4. The molecule has 1 aliphatic rings. The maximum atomic E-state index is 11.0. The topological polar surface area (TPSA) is 69.6 Å². The minimum Gasteiger partial charge on any atom is -0.504 e. The molecule has 1 heterocycles. The molecule has 3 N–H and O–H groups in total. The van der Waals surface area contributed by atoms with E-state index in [9.17, 15) is 9.90 Å². The van der Waals surface area contributed by atoms with Gasteiger partial charge < -0.3 is 15.5 Å². The number of rotatable bonds is 1. The fourth-order valence-electron chi connectivity index (χ4n) is 1.28. The zero-order valence-corrected chi connectivity index (χ0v) is 9.76. The van der Waals surface area contributed by atoms with Gasteiger partial charge >= 0.3 is 0 Å². The maximum Gasteiger partial charge on any atom is 0.284 e. The predicted octanol–water partition coefficient (Wildman–Crippen LogP) is 2.15. The van der Waals surface area contributed by atoms with Crippen LogP contribution in [0, 0.1) is 0 Å². The van der Waals surface area contributed by atoms with Crippen LogP contribution in [-0.4, -0.2) is 20.8 Å². The van der Waals surface area contributed by atoms with Gasteiger partial charge in [0.1, 0.15) is 5.37 Å². The monoisotopic (exact) mass is 255 g/mol. The van der Waals surface area contributed by atoms with Gasteiger partial charge in [-0.2, -0.15) is 0 Å². The first-order valence-electron chi connectivity index (χ1n) is 4.46. The molecular weight excluding hydrogens is 246 g/mol. The molecule has 1 atom stereocenters. The predicted molar refractivity (Wildman–Crippen MR) is 66.6 cm³/mol. The molecule has 0 saturated carbocycles. The number of thiol groups is 1. The van der Waals surface area contributed by atoms with Gasteiger partial charge in [0, 0.05) is 4.91 Å². The lowest BCUT2D eigenvalue weighted by molar-refractivity contribution is 0.262. The van der Waals surface area contributed by atoms with Gasteiger partial charge in [0.25, 0.3) is 5.24 Å². The summed E-state index contributed by atoms with van der Waals surface area (Å²) in [5.74, 6) is -0.356. The van der Waals surface area contributed by atoms with Crippen LogP contribution >= 0.6 is 24.4 Å². The highest BCUT2D eigenvalue weighted by Gasteiger charge is 2.24. The molecule has 0 aliphatic carbocycles. The zero-order chi connectivity index (χ0) is 11.7. The number of benzene rings is 1.